The number of nitrogens with one attached hydrogen (secondary N) is 3. The molecule has 2 saturated carbocycles. The summed E-state index contributed by atoms with van der Waals surface area (Å²) in [5.74, 6) is 0.484. The summed E-state index contributed by atoms with van der Waals surface area (Å²) in [4.78, 5) is 22.5. The lowest BCUT2D eigenvalue weighted by atomic mass is 10.1. The fourth-order valence-electron chi connectivity index (χ4n) is 5.65. The van der Waals surface area contributed by atoms with E-state index in [2.05, 4.69) is 21.0 Å². The van der Waals surface area contributed by atoms with E-state index in [1.165, 1.54) is 6.07 Å². The number of amides is 1. The van der Waals surface area contributed by atoms with Gasteiger partial charge in [-0.25, -0.2) is 10.4 Å². The third-order valence-corrected chi connectivity index (χ3v) is 7.71. The summed E-state index contributed by atoms with van der Waals surface area (Å²) in [5.41, 5.74) is 13.3. The third-order valence-electron chi connectivity index (χ3n) is 7.71. The van der Waals surface area contributed by atoms with Crippen molar-refractivity contribution in [1.82, 2.24) is 20.7 Å². The third kappa shape index (κ3) is 4.50. The minimum Gasteiger partial charge on any atom is -0.383 e. The van der Waals surface area contributed by atoms with Gasteiger partial charge in [0, 0.05) is 24.8 Å². The highest BCUT2D eigenvalue weighted by molar-refractivity contribution is 6.21. The minimum absolute atomic E-state index is 0.0417. The van der Waals surface area contributed by atoms with Crippen LogP contribution < -0.4 is 21.8 Å². The average molecular weight is 512 g/mol. The first kappa shape index (κ1) is 24.1. The van der Waals surface area contributed by atoms with Crippen molar-refractivity contribution in [3.63, 3.8) is 0 Å². The molecule has 1 aromatic heterocycles. The number of rotatable bonds is 6. The number of carbonyl (C=O) groups is 1. The first-order chi connectivity index (χ1) is 18.4. The van der Waals surface area contributed by atoms with E-state index in [0.717, 1.165) is 36.1 Å². The van der Waals surface area contributed by atoms with Gasteiger partial charge in [0.2, 0.25) is 5.95 Å². The maximum atomic E-state index is 13.7. The molecule has 1 aliphatic heterocycles. The van der Waals surface area contributed by atoms with E-state index in [0.29, 0.717) is 29.6 Å². The fourth-order valence-corrected chi connectivity index (χ4v) is 5.65. The maximum absolute atomic E-state index is 13.7. The number of hydrogen-bond acceptors (Lipinski definition) is 7. The van der Waals surface area contributed by atoms with E-state index < -0.39 is 5.95 Å². The van der Waals surface area contributed by atoms with Crippen LogP contribution in [0.4, 0.5) is 10.1 Å². The Morgan fingerprint density at radius 3 is 2.63 bits per heavy atom. The van der Waals surface area contributed by atoms with Crippen LogP contribution in [0.5, 0.6) is 0 Å². The second-order valence-electron chi connectivity index (χ2n) is 10.2. The zero-order chi connectivity index (χ0) is 26.3. The van der Waals surface area contributed by atoms with Crippen LogP contribution in [0.2, 0.25) is 0 Å². The summed E-state index contributed by atoms with van der Waals surface area (Å²) >= 11 is 0. The van der Waals surface area contributed by atoms with Crippen molar-refractivity contribution in [3.8, 4) is 11.3 Å². The van der Waals surface area contributed by atoms with Gasteiger partial charge in [0.25, 0.3) is 5.91 Å². The number of benzene rings is 2. The maximum Gasteiger partial charge on any atom is 0.275 e. The molecule has 2 unspecified atom stereocenters. The molecule has 3 atom stereocenters. The van der Waals surface area contributed by atoms with Crippen LogP contribution in [0.3, 0.4) is 0 Å². The summed E-state index contributed by atoms with van der Waals surface area (Å²) in [6.07, 6.45) is 3.05. The van der Waals surface area contributed by atoms with E-state index in [4.69, 9.17) is 10.7 Å². The smallest absolute Gasteiger partial charge is 0.275 e. The van der Waals surface area contributed by atoms with Crippen LogP contribution in [-0.2, 0) is 11.3 Å². The van der Waals surface area contributed by atoms with Gasteiger partial charge in [0.1, 0.15) is 17.2 Å². The lowest BCUT2D eigenvalue weighted by Gasteiger charge is -2.32. The molecular weight excluding hydrogens is 481 g/mol. The van der Waals surface area contributed by atoms with E-state index in [1.54, 1.807) is 24.2 Å². The number of carbonyl (C=O) groups excluding carboxylic acids is 1. The normalized spacial score (nSPS) is 25.5. The Hall–Kier alpha value is -4.24. The molecule has 3 aromatic rings. The zero-order valence-corrected chi connectivity index (χ0v) is 21.1. The molecule has 0 bridgehead atoms. The van der Waals surface area contributed by atoms with Crippen molar-refractivity contribution < 1.29 is 9.18 Å². The summed E-state index contributed by atoms with van der Waals surface area (Å²) in [7, 11) is 1.75. The molecular formula is C29H30FN7O. The second kappa shape index (κ2) is 9.57. The van der Waals surface area contributed by atoms with Crippen LogP contribution in [0.1, 0.15) is 24.8 Å². The number of pyridine rings is 1. The number of aromatic nitrogens is 1. The molecule has 6 rings (SSSR count). The number of halogens is 1. The number of amidine groups is 1. The molecule has 1 spiro atoms. The van der Waals surface area contributed by atoms with Gasteiger partial charge in [-0.15, -0.1) is 0 Å². The molecule has 194 valence electrons. The lowest BCUT2D eigenvalue weighted by molar-refractivity contribution is -0.129. The molecule has 5 N–H and O–H groups in total. The molecule has 0 radical (unpaired) electrons. The first-order valence-electron chi connectivity index (χ1n) is 12.8. The number of hydrogen-bond donors (Lipinski definition) is 4. The quantitative estimate of drug-likeness (QED) is 0.298. The number of anilines is 1. The SMILES string of the molecule is CN1NC23CC2CC[C@@H]3N=C(N)/C(=C(\NCc2ccc(-c3cccc(F)n3)cc2)Nc2ccccc2)C1=O. The molecule has 38 heavy (non-hydrogen) atoms. The predicted octanol–water partition coefficient (Wildman–Crippen LogP) is 3.56. The van der Waals surface area contributed by atoms with Crippen molar-refractivity contribution in [2.45, 2.75) is 37.4 Å². The molecule has 1 amide bonds. The standard InChI is InChI=1S/C29H30FN7O/c1-37-28(38)25(26(31)35-23-15-14-20-16-29(20,23)36-37)27(33-21-6-3-2-4-7-21)32-17-18-10-12-19(13-11-18)22-8-5-9-24(30)34-22/h2-13,20,23,32-33,36H,14-17H2,1H3,(H2,31,35)/b27-25-/t20?,23-,29?/m0/s1. The number of likely N-dealkylation sites (N-methyl/N-ethyl adjacent to an activating group) is 1. The molecule has 9 heteroatoms. The van der Waals surface area contributed by atoms with Gasteiger partial charge in [-0.3, -0.25) is 14.8 Å². The van der Waals surface area contributed by atoms with Gasteiger partial charge < -0.3 is 16.4 Å². The molecule has 2 aliphatic carbocycles. The van der Waals surface area contributed by atoms with Crippen molar-refractivity contribution in [2.75, 3.05) is 12.4 Å². The van der Waals surface area contributed by atoms with Crippen LogP contribution in [0.25, 0.3) is 11.3 Å². The Kier molecular flexibility index (Phi) is 6.07. The highest BCUT2D eigenvalue weighted by atomic mass is 19.1. The van der Waals surface area contributed by atoms with Crippen molar-refractivity contribution >= 4 is 17.4 Å². The molecule has 8 nitrogen and oxygen atoms in total. The highest BCUT2D eigenvalue weighted by Crippen LogP contribution is 2.57. The van der Waals surface area contributed by atoms with Gasteiger partial charge in [0.15, 0.2) is 0 Å². The van der Waals surface area contributed by atoms with Crippen LogP contribution in [0, 0.1) is 11.9 Å². The van der Waals surface area contributed by atoms with E-state index in [-0.39, 0.29) is 23.3 Å². The summed E-state index contributed by atoms with van der Waals surface area (Å²) < 4.78 is 13.5. The first-order valence-corrected chi connectivity index (χ1v) is 12.8. The van der Waals surface area contributed by atoms with Gasteiger partial charge in [-0.05, 0) is 55.0 Å². The summed E-state index contributed by atoms with van der Waals surface area (Å²) in [6, 6.07) is 22.1. The van der Waals surface area contributed by atoms with Gasteiger partial charge >= 0.3 is 0 Å². The Bertz CT molecular complexity index is 1420. The molecule has 0 saturated heterocycles. The number of nitrogens with two attached hydrogens (primary N) is 1. The average Bonchev–Trinajstić information content (AvgIpc) is 3.53. The molecule has 3 aliphatic rings. The topological polar surface area (TPSA) is 108 Å². The highest BCUT2D eigenvalue weighted by Gasteiger charge is 2.64. The van der Waals surface area contributed by atoms with Crippen molar-refractivity contribution in [2.24, 2.45) is 16.6 Å². The van der Waals surface area contributed by atoms with Crippen LogP contribution in [0.15, 0.2) is 89.2 Å². The number of aliphatic imine (C=N–C) groups is 1. The number of hydrazine groups is 1. The van der Waals surface area contributed by atoms with Gasteiger partial charge in [-0.1, -0.05) is 48.5 Å². The zero-order valence-electron chi connectivity index (χ0n) is 21.1. The largest absolute Gasteiger partial charge is 0.383 e. The van der Waals surface area contributed by atoms with Crippen molar-refractivity contribution in [3.05, 3.63) is 95.7 Å². The van der Waals surface area contributed by atoms with E-state index >= 15 is 0 Å². The summed E-state index contributed by atoms with van der Waals surface area (Å²) in [6.45, 7) is 0.419. The number of nitrogens with zero attached hydrogens (tertiary/aromatic N) is 3. The fraction of sp³-hybridized carbons (Fsp3) is 0.276. The minimum atomic E-state index is -0.514. The van der Waals surface area contributed by atoms with E-state index in [9.17, 15) is 9.18 Å². The molecule has 2 aromatic carbocycles. The Balaban J connectivity index is 1.31. The Morgan fingerprint density at radius 2 is 1.89 bits per heavy atom. The van der Waals surface area contributed by atoms with E-state index in [1.807, 2.05) is 54.6 Å². The van der Waals surface area contributed by atoms with Gasteiger partial charge in [0.05, 0.1) is 17.3 Å². The van der Waals surface area contributed by atoms with Crippen LogP contribution in [-0.4, -0.2) is 40.4 Å². The van der Waals surface area contributed by atoms with Crippen LogP contribution >= 0.6 is 0 Å². The molecule has 2 heterocycles. The lowest BCUT2D eigenvalue weighted by Crippen LogP contribution is -2.55. The van der Waals surface area contributed by atoms with Gasteiger partial charge in [-0.2, -0.15) is 4.39 Å². The Labute approximate surface area is 220 Å². The second-order valence-corrected chi connectivity index (χ2v) is 10.2. The molecule has 2 fully saturated rings. The predicted molar refractivity (Wildman–Crippen MR) is 145 cm³/mol. The monoisotopic (exact) mass is 511 g/mol. The number of para-hydroxylation sites is 1. The van der Waals surface area contributed by atoms with Crippen molar-refractivity contribution in [1.29, 1.82) is 0 Å². The Morgan fingerprint density at radius 1 is 1.11 bits per heavy atom. The summed E-state index contributed by atoms with van der Waals surface area (Å²) in [5, 5.41) is 8.30.